The van der Waals surface area contributed by atoms with Crippen molar-refractivity contribution in [3.05, 3.63) is 29.2 Å². The summed E-state index contributed by atoms with van der Waals surface area (Å²) >= 11 is 0. The van der Waals surface area contributed by atoms with Crippen molar-refractivity contribution in [2.45, 2.75) is 27.2 Å². The van der Waals surface area contributed by atoms with Gasteiger partial charge in [0.25, 0.3) is 0 Å². The summed E-state index contributed by atoms with van der Waals surface area (Å²) in [6, 6.07) is 6.83. The van der Waals surface area contributed by atoms with Crippen LogP contribution in [0, 0.1) is 10.3 Å². The van der Waals surface area contributed by atoms with Crippen molar-refractivity contribution in [1.29, 1.82) is 0 Å². The molecule has 0 spiro atoms. The molecule has 0 atom stereocenters. The summed E-state index contributed by atoms with van der Waals surface area (Å²) in [5.41, 5.74) is 0.711. The van der Waals surface area contributed by atoms with Crippen molar-refractivity contribution in [3.63, 3.8) is 0 Å². The molecular weight excluding hydrogens is 190 g/mol. The number of ether oxygens (including phenoxy) is 1. The third-order valence-corrected chi connectivity index (χ3v) is 2.06. The Morgan fingerprint density at radius 1 is 1.20 bits per heavy atom. The van der Waals surface area contributed by atoms with Crippen LogP contribution < -0.4 is 4.74 Å². The Kier molecular flexibility index (Phi) is 3.83. The average Bonchev–Trinajstić information content (AvgIpc) is 2.17. The van der Waals surface area contributed by atoms with Crippen LogP contribution in [0.5, 0.6) is 5.75 Å². The van der Waals surface area contributed by atoms with E-state index in [-0.39, 0.29) is 5.41 Å². The van der Waals surface area contributed by atoms with Gasteiger partial charge in [-0.2, -0.15) is 0 Å². The monoisotopic (exact) mass is 207 g/mol. The lowest BCUT2D eigenvalue weighted by Gasteiger charge is -2.17. The van der Waals surface area contributed by atoms with Gasteiger partial charge in [0, 0.05) is 0 Å². The second kappa shape index (κ2) is 4.91. The van der Waals surface area contributed by atoms with Crippen molar-refractivity contribution in [2.75, 3.05) is 6.61 Å². The number of hydrogen-bond acceptors (Lipinski definition) is 3. The highest BCUT2D eigenvalue weighted by Gasteiger charge is 2.09. The predicted octanol–water partition coefficient (Wildman–Crippen LogP) is 3.90. The Morgan fingerprint density at radius 3 is 2.27 bits per heavy atom. The highest BCUT2D eigenvalue weighted by atomic mass is 16.5. The number of rotatable bonds is 4. The van der Waals surface area contributed by atoms with Gasteiger partial charge in [-0.3, -0.25) is 0 Å². The molecule has 15 heavy (non-hydrogen) atoms. The fourth-order valence-corrected chi connectivity index (χ4v) is 1.08. The van der Waals surface area contributed by atoms with Crippen LogP contribution in [-0.4, -0.2) is 6.61 Å². The molecule has 0 bridgehead atoms. The Morgan fingerprint density at radius 2 is 1.80 bits per heavy atom. The van der Waals surface area contributed by atoms with Crippen molar-refractivity contribution in [1.82, 2.24) is 0 Å². The maximum Gasteiger partial charge on any atom is 0.119 e. The molecule has 82 valence electrons. The van der Waals surface area contributed by atoms with Gasteiger partial charge in [0.05, 0.1) is 6.61 Å². The lowest BCUT2D eigenvalue weighted by atomic mass is 9.93. The van der Waals surface area contributed by atoms with E-state index in [0.717, 1.165) is 12.2 Å². The van der Waals surface area contributed by atoms with Gasteiger partial charge in [0.15, 0.2) is 0 Å². The van der Waals surface area contributed by atoms with Crippen molar-refractivity contribution >= 4 is 5.69 Å². The lowest BCUT2D eigenvalue weighted by molar-refractivity contribution is 0.243. The summed E-state index contributed by atoms with van der Waals surface area (Å²) in [5, 5.41) is 2.83. The Labute approximate surface area is 90.4 Å². The van der Waals surface area contributed by atoms with Crippen LogP contribution in [0.3, 0.4) is 0 Å². The minimum absolute atomic E-state index is 0.282. The van der Waals surface area contributed by atoms with E-state index in [4.69, 9.17) is 4.74 Å². The molecule has 0 aromatic heterocycles. The molecule has 3 heteroatoms. The quantitative estimate of drug-likeness (QED) is 0.702. The van der Waals surface area contributed by atoms with Gasteiger partial charge in [0.2, 0.25) is 0 Å². The molecule has 0 amide bonds. The fraction of sp³-hybridized carbons (Fsp3) is 0.500. The van der Waals surface area contributed by atoms with E-state index in [9.17, 15) is 4.91 Å². The van der Waals surface area contributed by atoms with E-state index < -0.39 is 0 Å². The molecule has 1 aromatic carbocycles. The normalized spacial score (nSPS) is 11.1. The van der Waals surface area contributed by atoms with Gasteiger partial charge < -0.3 is 4.74 Å². The van der Waals surface area contributed by atoms with Crippen molar-refractivity contribution in [2.24, 2.45) is 10.6 Å². The second-order valence-corrected chi connectivity index (χ2v) is 4.74. The number of nitrogens with zero attached hydrogens (tertiary/aromatic N) is 1. The number of nitroso groups, excluding NO2 is 1. The molecule has 1 aromatic rings. The van der Waals surface area contributed by atoms with E-state index >= 15 is 0 Å². The van der Waals surface area contributed by atoms with Crippen LogP contribution in [-0.2, 0) is 0 Å². The van der Waals surface area contributed by atoms with Gasteiger partial charge in [-0.15, -0.1) is 4.91 Å². The summed E-state index contributed by atoms with van der Waals surface area (Å²) < 4.78 is 5.54. The summed E-state index contributed by atoms with van der Waals surface area (Å²) in [4.78, 5) is 10.2. The van der Waals surface area contributed by atoms with E-state index in [1.807, 2.05) is 0 Å². The molecule has 3 nitrogen and oxygen atoms in total. The molecule has 0 aliphatic rings. The van der Waals surface area contributed by atoms with Gasteiger partial charge in [-0.1, -0.05) is 20.8 Å². The van der Waals surface area contributed by atoms with Gasteiger partial charge >= 0.3 is 0 Å². The van der Waals surface area contributed by atoms with E-state index in [2.05, 4.69) is 25.9 Å². The first-order chi connectivity index (χ1) is 7.01. The van der Waals surface area contributed by atoms with Crippen LogP contribution in [0.4, 0.5) is 5.69 Å². The molecule has 0 radical (unpaired) electrons. The Bertz CT molecular complexity index is 311. The zero-order valence-corrected chi connectivity index (χ0v) is 9.49. The molecule has 0 heterocycles. The van der Waals surface area contributed by atoms with E-state index in [1.54, 1.807) is 24.3 Å². The molecule has 0 aliphatic carbocycles. The highest BCUT2D eigenvalue weighted by Crippen LogP contribution is 2.21. The standard InChI is InChI=1S/C12H17NO2/c1-12(2,3)8-9-15-11-6-4-10(13-14)5-7-11/h4-7H,8-9H2,1-3H3. The SMILES string of the molecule is CC(C)(C)CCOc1ccc(N=O)cc1. The van der Waals surface area contributed by atoms with Crippen LogP contribution >= 0.6 is 0 Å². The van der Waals surface area contributed by atoms with Gasteiger partial charge in [0.1, 0.15) is 11.4 Å². The highest BCUT2D eigenvalue weighted by molar-refractivity contribution is 5.40. The number of hydrogen-bond donors (Lipinski definition) is 0. The molecular formula is C12H17NO2. The summed E-state index contributed by atoms with van der Waals surface area (Å²) in [7, 11) is 0. The minimum Gasteiger partial charge on any atom is -0.494 e. The topological polar surface area (TPSA) is 38.7 Å². The van der Waals surface area contributed by atoms with Crippen LogP contribution in [0.15, 0.2) is 29.4 Å². The minimum atomic E-state index is 0.282. The largest absolute Gasteiger partial charge is 0.494 e. The summed E-state index contributed by atoms with van der Waals surface area (Å²) in [6.07, 6.45) is 1.00. The van der Waals surface area contributed by atoms with E-state index in [0.29, 0.717) is 12.3 Å². The molecule has 0 saturated carbocycles. The molecule has 0 aliphatic heterocycles. The van der Waals surface area contributed by atoms with Crippen LogP contribution in [0.25, 0.3) is 0 Å². The molecule has 0 unspecified atom stereocenters. The summed E-state index contributed by atoms with van der Waals surface area (Å²) in [5.74, 6) is 0.784. The third kappa shape index (κ3) is 4.58. The van der Waals surface area contributed by atoms with E-state index in [1.165, 1.54) is 0 Å². The van der Waals surface area contributed by atoms with Crippen LogP contribution in [0.2, 0.25) is 0 Å². The molecule has 1 rings (SSSR count). The maximum atomic E-state index is 10.2. The first-order valence-corrected chi connectivity index (χ1v) is 5.07. The predicted molar refractivity (Wildman–Crippen MR) is 61.5 cm³/mol. The third-order valence-electron chi connectivity index (χ3n) is 2.06. The molecule has 0 saturated heterocycles. The van der Waals surface area contributed by atoms with Crippen LogP contribution in [0.1, 0.15) is 27.2 Å². The zero-order valence-electron chi connectivity index (χ0n) is 9.49. The first kappa shape index (κ1) is 11.7. The van der Waals surface area contributed by atoms with Gasteiger partial charge in [-0.25, -0.2) is 0 Å². The second-order valence-electron chi connectivity index (χ2n) is 4.74. The van der Waals surface area contributed by atoms with Gasteiger partial charge in [-0.05, 0) is 41.3 Å². The molecule has 0 fully saturated rings. The number of benzene rings is 1. The Hall–Kier alpha value is -1.38. The lowest BCUT2D eigenvalue weighted by Crippen LogP contribution is -2.10. The molecule has 0 N–H and O–H groups in total. The fourth-order valence-electron chi connectivity index (χ4n) is 1.08. The summed E-state index contributed by atoms with van der Waals surface area (Å²) in [6.45, 7) is 7.22. The first-order valence-electron chi connectivity index (χ1n) is 5.07. The maximum absolute atomic E-state index is 10.2. The Balaban J connectivity index is 2.41. The zero-order chi connectivity index (χ0) is 11.3. The average molecular weight is 207 g/mol. The smallest absolute Gasteiger partial charge is 0.119 e. The van der Waals surface area contributed by atoms with Crippen molar-refractivity contribution < 1.29 is 4.74 Å². The van der Waals surface area contributed by atoms with Crippen molar-refractivity contribution in [3.8, 4) is 5.75 Å².